The van der Waals surface area contributed by atoms with Crippen LogP contribution in [-0.2, 0) is 16.1 Å². The highest BCUT2D eigenvalue weighted by molar-refractivity contribution is 6.31. The Labute approximate surface area is 199 Å². The molecule has 0 fully saturated rings. The summed E-state index contributed by atoms with van der Waals surface area (Å²) < 4.78 is 4.91. The molecule has 0 atom stereocenters. The summed E-state index contributed by atoms with van der Waals surface area (Å²) in [5, 5.41) is 16.5. The summed E-state index contributed by atoms with van der Waals surface area (Å²) in [7, 11) is 0. The molecule has 0 aromatic heterocycles. The number of anilines is 1. The number of nitrogens with zero attached hydrogens (tertiary/aromatic N) is 1. The van der Waals surface area contributed by atoms with Crippen LogP contribution in [0.2, 0.25) is 5.02 Å². The summed E-state index contributed by atoms with van der Waals surface area (Å²) in [5.41, 5.74) is 1.61. The molecule has 10 heteroatoms. The molecule has 3 rings (SSSR count). The van der Waals surface area contributed by atoms with Crippen molar-refractivity contribution in [2.24, 2.45) is 0 Å². The van der Waals surface area contributed by atoms with E-state index in [0.29, 0.717) is 6.54 Å². The average molecular weight is 482 g/mol. The predicted octanol–water partition coefficient (Wildman–Crippen LogP) is 4.28. The monoisotopic (exact) mass is 481 g/mol. The molecule has 0 unspecified atom stereocenters. The zero-order valence-electron chi connectivity index (χ0n) is 18.0. The number of benzene rings is 3. The van der Waals surface area contributed by atoms with Crippen LogP contribution in [0.15, 0.2) is 66.7 Å². The Bertz CT molecular complexity index is 1240. The molecule has 0 radical (unpaired) electrons. The topological polar surface area (TPSA) is 128 Å². The lowest BCUT2D eigenvalue weighted by atomic mass is 10.1. The minimum atomic E-state index is -1.05. The number of halogens is 1. The normalized spacial score (nSPS) is 10.3. The molecule has 2 amide bonds. The number of amides is 2. The van der Waals surface area contributed by atoms with Crippen molar-refractivity contribution in [3.05, 3.63) is 104 Å². The molecular weight excluding hydrogens is 462 g/mol. The molecule has 0 aliphatic rings. The largest absolute Gasteiger partial charge is 0.452 e. The summed E-state index contributed by atoms with van der Waals surface area (Å²) in [6, 6.07) is 17.5. The highest BCUT2D eigenvalue weighted by atomic mass is 35.5. The Morgan fingerprint density at radius 3 is 2.41 bits per heavy atom. The van der Waals surface area contributed by atoms with Gasteiger partial charge in [0.15, 0.2) is 6.61 Å². The lowest BCUT2D eigenvalue weighted by molar-refractivity contribution is -0.385. The molecule has 0 aliphatic carbocycles. The van der Waals surface area contributed by atoms with E-state index < -0.39 is 35.0 Å². The predicted molar refractivity (Wildman–Crippen MR) is 126 cm³/mol. The lowest BCUT2D eigenvalue weighted by Crippen LogP contribution is -2.26. The number of esters is 1. The average Bonchev–Trinajstić information content (AvgIpc) is 2.82. The van der Waals surface area contributed by atoms with Crippen LogP contribution in [-0.4, -0.2) is 29.3 Å². The number of rotatable bonds is 8. The van der Waals surface area contributed by atoms with E-state index in [1.807, 2.05) is 31.2 Å². The van der Waals surface area contributed by atoms with Crippen molar-refractivity contribution in [2.75, 3.05) is 11.9 Å². The molecule has 2 N–H and O–H groups in total. The van der Waals surface area contributed by atoms with Gasteiger partial charge >= 0.3 is 5.97 Å². The molecule has 0 heterocycles. The number of hydrogen-bond acceptors (Lipinski definition) is 6. The van der Waals surface area contributed by atoms with E-state index >= 15 is 0 Å². The lowest BCUT2D eigenvalue weighted by Gasteiger charge is -2.12. The molecular formula is C24H20ClN3O6. The van der Waals surface area contributed by atoms with Crippen LogP contribution in [0.1, 0.15) is 31.8 Å². The molecule has 0 aliphatic heterocycles. The Morgan fingerprint density at radius 2 is 1.71 bits per heavy atom. The van der Waals surface area contributed by atoms with Gasteiger partial charge in [-0.1, -0.05) is 53.6 Å². The van der Waals surface area contributed by atoms with Crippen LogP contribution in [0.5, 0.6) is 0 Å². The Morgan fingerprint density at radius 1 is 1.00 bits per heavy atom. The van der Waals surface area contributed by atoms with Gasteiger partial charge in [-0.3, -0.25) is 19.7 Å². The van der Waals surface area contributed by atoms with Gasteiger partial charge in [-0.05, 0) is 36.8 Å². The molecule has 34 heavy (non-hydrogen) atoms. The highest BCUT2D eigenvalue weighted by Gasteiger charge is 2.23. The van der Waals surface area contributed by atoms with Crippen LogP contribution in [0, 0.1) is 17.0 Å². The Hall–Kier alpha value is -4.24. The summed E-state index contributed by atoms with van der Waals surface area (Å²) in [4.78, 5) is 47.6. The molecule has 0 spiro atoms. The zero-order valence-corrected chi connectivity index (χ0v) is 18.8. The Balaban J connectivity index is 1.61. The first-order chi connectivity index (χ1) is 16.2. The molecule has 174 valence electrons. The molecule has 9 nitrogen and oxygen atoms in total. The van der Waals surface area contributed by atoms with Crippen molar-refractivity contribution in [2.45, 2.75) is 13.5 Å². The Kier molecular flexibility index (Phi) is 7.94. The number of nitro groups is 1. The minimum Gasteiger partial charge on any atom is -0.452 e. The van der Waals surface area contributed by atoms with Crippen molar-refractivity contribution in [3.63, 3.8) is 0 Å². The number of carbonyl (C=O) groups is 3. The fraction of sp³-hybridized carbons (Fsp3) is 0.125. The van der Waals surface area contributed by atoms with E-state index in [2.05, 4.69) is 10.6 Å². The van der Waals surface area contributed by atoms with Gasteiger partial charge in [-0.25, -0.2) is 4.79 Å². The summed E-state index contributed by atoms with van der Waals surface area (Å²) in [6.45, 7) is 1.56. The number of hydrogen-bond donors (Lipinski definition) is 2. The number of aryl methyl sites for hydroxylation is 1. The van der Waals surface area contributed by atoms with Crippen molar-refractivity contribution in [3.8, 4) is 0 Å². The van der Waals surface area contributed by atoms with Gasteiger partial charge in [-0.2, -0.15) is 0 Å². The standard InChI is InChI=1S/C24H20ClN3O6/c1-15-6-8-16(9-7-15)13-26-23(30)18-4-2-3-5-20(18)27-22(29)14-34-24(31)19-11-10-17(25)12-21(19)28(32)33/h2-12H,13-14H2,1H3,(H,26,30)(H,27,29). The molecule has 3 aromatic rings. The SMILES string of the molecule is Cc1ccc(CNC(=O)c2ccccc2NC(=O)COC(=O)c2ccc(Cl)cc2[N+](=O)[O-])cc1. The second kappa shape index (κ2) is 11.1. The number of carbonyl (C=O) groups excluding carboxylic acids is 3. The third kappa shape index (κ3) is 6.39. The third-order valence-corrected chi connectivity index (χ3v) is 4.97. The zero-order chi connectivity index (χ0) is 24.7. The van der Waals surface area contributed by atoms with Crippen LogP contribution in [0.4, 0.5) is 11.4 Å². The van der Waals surface area contributed by atoms with Crippen LogP contribution >= 0.6 is 11.6 Å². The first kappa shape index (κ1) is 24.4. The number of nitro benzene ring substituents is 1. The van der Waals surface area contributed by atoms with Gasteiger partial charge in [0.2, 0.25) is 0 Å². The molecule has 3 aromatic carbocycles. The van der Waals surface area contributed by atoms with Crippen molar-refractivity contribution in [1.29, 1.82) is 0 Å². The van der Waals surface area contributed by atoms with E-state index in [9.17, 15) is 24.5 Å². The van der Waals surface area contributed by atoms with Crippen LogP contribution in [0.3, 0.4) is 0 Å². The molecule has 0 saturated carbocycles. The number of para-hydroxylation sites is 1. The smallest absolute Gasteiger partial charge is 0.345 e. The van der Waals surface area contributed by atoms with Gasteiger partial charge in [-0.15, -0.1) is 0 Å². The fourth-order valence-corrected chi connectivity index (χ4v) is 3.16. The fourth-order valence-electron chi connectivity index (χ4n) is 3.00. The summed E-state index contributed by atoms with van der Waals surface area (Å²) >= 11 is 5.73. The minimum absolute atomic E-state index is 0.0817. The van der Waals surface area contributed by atoms with Crippen molar-refractivity contribution in [1.82, 2.24) is 5.32 Å². The van der Waals surface area contributed by atoms with Crippen LogP contribution < -0.4 is 10.6 Å². The van der Waals surface area contributed by atoms with Crippen molar-refractivity contribution < 1.29 is 24.0 Å². The first-order valence-corrected chi connectivity index (χ1v) is 10.5. The molecule has 0 bridgehead atoms. The van der Waals surface area contributed by atoms with Gasteiger partial charge in [0.1, 0.15) is 5.56 Å². The maximum Gasteiger partial charge on any atom is 0.345 e. The van der Waals surface area contributed by atoms with Gasteiger partial charge in [0.05, 0.1) is 16.2 Å². The third-order valence-electron chi connectivity index (χ3n) is 4.73. The van der Waals surface area contributed by atoms with E-state index in [1.165, 1.54) is 12.1 Å². The summed E-state index contributed by atoms with van der Waals surface area (Å²) in [5.74, 6) is -2.17. The quantitative estimate of drug-likeness (QED) is 0.281. The summed E-state index contributed by atoms with van der Waals surface area (Å²) in [6.07, 6.45) is 0. The van der Waals surface area contributed by atoms with E-state index in [4.69, 9.17) is 16.3 Å². The number of ether oxygens (including phenoxy) is 1. The second-order valence-electron chi connectivity index (χ2n) is 7.26. The van der Waals surface area contributed by atoms with Crippen LogP contribution in [0.25, 0.3) is 0 Å². The van der Waals surface area contributed by atoms with E-state index in [-0.39, 0.29) is 21.8 Å². The second-order valence-corrected chi connectivity index (χ2v) is 7.69. The van der Waals surface area contributed by atoms with Gasteiger partial charge in [0.25, 0.3) is 17.5 Å². The maximum atomic E-state index is 12.6. The van der Waals surface area contributed by atoms with Gasteiger partial charge in [0, 0.05) is 17.6 Å². The van der Waals surface area contributed by atoms with Gasteiger partial charge < -0.3 is 15.4 Å². The van der Waals surface area contributed by atoms with E-state index in [1.54, 1.807) is 18.2 Å². The first-order valence-electron chi connectivity index (χ1n) is 10.1. The molecule has 0 saturated heterocycles. The number of nitrogens with one attached hydrogen (secondary N) is 2. The maximum absolute atomic E-state index is 12.6. The van der Waals surface area contributed by atoms with Crippen molar-refractivity contribution >= 4 is 40.8 Å². The van der Waals surface area contributed by atoms with E-state index in [0.717, 1.165) is 23.3 Å². The highest BCUT2D eigenvalue weighted by Crippen LogP contribution is 2.24.